The number of aromatic nitrogens is 4. The summed E-state index contributed by atoms with van der Waals surface area (Å²) >= 11 is 0. The summed E-state index contributed by atoms with van der Waals surface area (Å²) in [5.74, 6) is 0.0783. The Balaban J connectivity index is 2.23. The Bertz CT molecular complexity index is 690. The lowest BCUT2D eigenvalue weighted by molar-refractivity contribution is 0.621. The molecule has 0 spiro atoms. The SMILES string of the molecule is Cc1nc(-c2cncc(F)c2)nn2cccc12. The molecule has 0 aliphatic carbocycles. The first-order valence-corrected chi connectivity index (χ1v) is 5.17. The van der Waals surface area contributed by atoms with E-state index in [-0.39, 0.29) is 0 Å². The summed E-state index contributed by atoms with van der Waals surface area (Å²) in [6.45, 7) is 1.90. The van der Waals surface area contributed by atoms with E-state index in [0.29, 0.717) is 11.4 Å². The molecule has 4 nitrogen and oxygen atoms in total. The number of hydrogen-bond acceptors (Lipinski definition) is 3. The van der Waals surface area contributed by atoms with E-state index in [1.54, 1.807) is 10.7 Å². The van der Waals surface area contributed by atoms with Crippen LogP contribution in [0.2, 0.25) is 0 Å². The lowest BCUT2D eigenvalue weighted by atomic mass is 10.2. The van der Waals surface area contributed by atoms with Crippen LogP contribution in [0.4, 0.5) is 4.39 Å². The molecule has 3 aromatic heterocycles. The molecule has 0 saturated carbocycles. The van der Waals surface area contributed by atoms with Gasteiger partial charge in [-0.1, -0.05) is 0 Å². The third-order valence-corrected chi connectivity index (χ3v) is 2.54. The van der Waals surface area contributed by atoms with Crippen molar-refractivity contribution in [3.05, 3.63) is 48.3 Å². The molecule has 0 saturated heterocycles. The topological polar surface area (TPSA) is 43.1 Å². The molecular weight excluding hydrogens is 219 g/mol. The van der Waals surface area contributed by atoms with Crippen molar-refractivity contribution in [2.75, 3.05) is 0 Å². The van der Waals surface area contributed by atoms with Crippen molar-refractivity contribution in [2.45, 2.75) is 6.92 Å². The van der Waals surface area contributed by atoms with Crippen LogP contribution in [-0.4, -0.2) is 19.6 Å². The Labute approximate surface area is 96.8 Å². The Morgan fingerprint density at radius 3 is 3.00 bits per heavy atom. The monoisotopic (exact) mass is 228 g/mol. The molecule has 0 aromatic carbocycles. The van der Waals surface area contributed by atoms with E-state index in [2.05, 4.69) is 15.1 Å². The molecule has 5 heteroatoms. The van der Waals surface area contributed by atoms with E-state index < -0.39 is 5.82 Å². The molecule has 17 heavy (non-hydrogen) atoms. The van der Waals surface area contributed by atoms with Crippen LogP contribution in [0.15, 0.2) is 36.8 Å². The summed E-state index contributed by atoms with van der Waals surface area (Å²) in [5.41, 5.74) is 2.37. The highest BCUT2D eigenvalue weighted by atomic mass is 19.1. The normalized spacial score (nSPS) is 10.9. The average molecular weight is 228 g/mol. The van der Waals surface area contributed by atoms with Crippen LogP contribution >= 0.6 is 0 Å². The van der Waals surface area contributed by atoms with Gasteiger partial charge in [0.1, 0.15) is 5.82 Å². The Hall–Kier alpha value is -2.30. The van der Waals surface area contributed by atoms with E-state index in [0.717, 1.165) is 17.4 Å². The summed E-state index contributed by atoms with van der Waals surface area (Å²) in [5, 5.41) is 4.31. The molecular formula is C12H9FN4. The van der Waals surface area contributed by atoms with Gasteiger partial charge in [0.15, 0.2) is 5.82 Å². The Morgan fingerprint density at radius 2 is 2.18 bits per heavy atom. The minimum absolute atomic E-state index is 0.392. The van der Waals surface area contributed by atoms with Gasteiger partial charge in [-0.05, 0) is 25.1 Å². The highest BCUT2D eigenvalue weighted by Gasteiger charge is 2.07. The van der Waals surface area contributed by atoms with Gasteiger partial charge in [-0.25, -0.2) is 13.9 Å². The zero-order chi connectivity index (χ0) is 11.8. The van der Waals surface area contributed by atoms with Gasteiger partial charge in [0.2, 0.25) is 0 Å². The summed E-state index contributed by atoms with van der Waals surface area (Å²) in [6, 6.07) is 5.20. The second-order valence-corrected chi connectivity index (χ2v) is 3.75. The predicted octanol–water partition coefficient (Wildman–Crippen LogP) is 2.24. The van der Waals surface area contributed by atoms with Crippen LogP contribution in [0.25, 0.3) is 16.9 Å². The number of aryl methyl sites for hydroxylation is 1. The summed E-state index contributed by atoms with van der Waals surface area (Å²) in [6.07, 6.45) is 4.54. The van der Waals surface area contributed by atoms with Crippen molar-refractivity contribution < 1.29 is 4.39 Å². The fourth-order valence-electron chi connectivity index (χ4n) is 1.74. The molecule has 0 aliphatic heterocycles. The van der Waals surface area contributed by atoms with Crippen molar-refractivity contribution in [1.29, 1.82) is 0 Å². The first kappa shape index (κ1) is 9.89. The van der Waals surface area contributed by atoms with Crippen molar-refractivity contribution in [1.82, 2.24) is 19.6 Å². The van der Waals surface area contributed by atoms with E-state index in [1.807, 2.05) is 25.3 Å². The molecule has 3 heterocycles. The molecule has 0 aliphatic rings. The molecule has 0 unspecified atom stereocenters. The predicted molar refractivity (Wildman–Crippen MR) is 60.9 cm³/mol. The number of pyridine rings is 1. The molecule has 3 aromatic rings. The molecule has 0 fully saturated rings. The van der Waals surface area contributed by atoms with Crippen molar-refractivity contribution in [3.8, 4) is 11.4 Å². The summed E-state index contributed by atoms with van der Waals surface area (Å²) < 4.78 is 14.8. The highest BCUT2D eigenvalue weighted by Crippen LogP contribution is 2.16. The number of hydrogen-bond donors (Lipinski definition) is 0. The lowest BCUT2D eigenvalue weighted by Gasteiger charge is -2.03. The zero-order valence-electron chi connectivity index (χ0n) is 9.13. The number of nitrogens with zero attached hydrogens (tertiary/aromatic N) is 4. The second kappa shape index (κ2) is 3.62. The number of halogens is 1. The average Bonchev–Trinajstić information content (AvgIpc) is 2.77. The van der Waals surface area contributed by atoms with Gasteiger partial charge < -0.3 is 0 Å². The molecule has 3 rings (SSSR count). The van der Waals surface area contributed by atoms with Crippen LogP contribution < -0.4 is 0 Å². The van der Waals surface area contributed by atoms with Crippen LogP contribution in [0.3, 0.4) is 0 Å². The second-order valence-electron chi connectivity index (χ2n) is 3.75. The number of fused-ring (bicyclic) bond motifs is 1. The van der Waals surface area contributed by atoms with Crippen LogP contribution in [0, 0.1) is 12.7 Å². The van der Waals surface area contributed by atoms with Gasteiger partial charge in [-0.2, -0.15) is 0 Å². The summed E-state index contributed by atoms with van der Waals surface area (Å²) in [7, 11) is 0. The highest BCUT2D eigenvalue weighted by molar-refractivity contribution is 5.57. The van der Waals surface area contributed by atoms with Crippen molar-refractivity contribution >= 4 is 5.52 Å². The van der Waals surface area contributed by atoms with Crippen molar-refractivity contribution in [2.24, 2.45) is 0 Å². The maximum atomic E-state index is 13.1. The van der Waals surface area contributed by atoms with Gasteiger partial charge in [0, 0.05) is 18.0 Å². The van der Waals surface area contributed by atoms with Crippen LogP contribution in [0.5, 0.6) is 0 Å². The van der Waals surface area contributed by atoms with Crippen LogP contribution in [-0.2, 0) is 0 Å². The smallest absolute Gasteiger partial charge is 0.181 e. The molecule has 0 bridgehead atoms. The molecule has 0 N–H and O–H groups in total. The summed E-state index contributed by atoms with van der Waals surface area (Å²) in [4.78, 5) is 8.14. The first-order valence-electron chi connectivity index (χ1n) is 5.17. The fourth-order valence-corrected chi connectivity index (χ4v) is 1.74. The lowest BCUT2D eigenvalue weighted by Crippen LogP contribution is -2.00. The zero-order valence-corrected chi connectivity index (χ0v) is 9.13. The van der Waals surface area contributed by atoms with E-state index in [4.69, 9.17) is 0 Å². The third-order valence-electron chi connectivity index (χ3n) is 2.54. The van der Waals surface area contributed by atoms with Crippen LogP contribution in [0.1, 0.15) is 5.69 Å². The quantitative estimate of drug-likeness (QED) is 0.641. The Morgan fingerprint density at radius 1 is 1.29 bits per heavy atom. The minimum atomic E-state index is -0.392. The number of rotatable bonds is 1. The largest absolute Gasteiger partial charge is 0.261 e. The maximum Gasteiger partial charge on any atom is 0.181 e. The van der Waals surface area contributed by atoms with Gasteiger partial charge in [-0.3, -0.25) is 4.98 Å². The van der Waals surface area contributed by atoms with Gasteiger partial charge in [0.25, 0.3) is 0 Å². The Kier molecular flexibility index (Phi) is 2.11. The minimum Gasteiger partial charge on any atom is -0.261 e. The van der Waals surface area contributed by atoms with E-state index >= 15 is 0 Å². The molecule has 84 valence electrons. The van der Waals surface area contributed by atoms with Gasteiger partial charge in [0.05, 0.1) is 17.4 Å². The maximum absolute atomic E-state index is 13.1. The van der Waals surface area contributed by atoms with E-state index in [1.165, 1.54) is 6.07 Å². The molecule has 0 atom stereocenters. The molecule has 0 radical (unpaired) electrons. The first-order chi connectivity index (χ1) is 8.24. The molecule has 0 amide bonds. The third kappa shape index (κ3) is 1.65. The standard InChI is InChI=1S/C12H9FN4/c1-8-11-3-2-4-17(11)16-12(15-8)9-5-10(13)7-14-6-9/h2-7H,1H3. The fraction of sp³-hybridized carbons (Fsp3) is 0.0833. The van der Waals surface area contributed by atoms with Gasteiger partial charge in [-0.15, -0.1) is 5.10 Å². The van der Waals surface area contributed by atoms with Crippen molar-refractivity contribution in [3.63, 3.8) is 0 Å². The van der Waals surface area contributed by atoms with E-state index in [9.17, 15) is 4.39 Å². The van der Waals surface area contributed by atoms with Gasteiger partial charge >= 0.3 is 0 Å².